The summed E-state index contributed by atoms with van der Waals surface area (Å²) < 4.78 is 25.8. The Morgan fingerprint density at radius 3 is 2.59 bits per heavy atom. The smallest absolute Gasteiger partial charge is 0.191 e. The number of nitrogens with zero attached hydrogens (tertiary/aromatic N) is 3. The summed E-state index contributed by atoms with van der Waals surface area (Å²) in [6.45, 7) is 2.16. The van der Waals surface area contributed by atoms with Crippen LogP contribution < -0.4 is 5.32 Å². The molecule has 0 spiro atoms. The average molecular weight is 239 g/mol. The first-order valence-electron chi connectivity index (χ1n) is 5.07. The van der Waals surface area contributed by atoms with Gasteiger partial charge in [-0.05, 0) is 24.6 Å². The van der Waals surface area contributed by atoms with E-state index in [0.717, 1.165) is 6.07 Å². The van der Waals surface area contributed by atoms with Crippen molar-refractivity contribution in [2.45, 2.75) is 19.5 Å². The Kier molecular flexibility index (Phi) is 3.38. The molecule has 0 saturated heterocycles. The van der Waals surface area contributed by atoms with Crippen LogP contribution in [0.25, 0.3) is 0 Å². The predicted molar refractivity (Wildman–Crippen MR) is 55.8 cm³/mol. The van der Waals surface area contributed by atoms with Crippen molar-refractivity contribution in [1.82, 2.24) is 25.9 Å². The van der Waals surface area contributed by atoms with E-state index < -0.39 is 11.6 Å². The minimum absolute atomic E-state index is 0.153. The predicted octanol–water partition coefficient (Wildman–Crippen LogP) is 1.33. The van der Waals surface area contributed by atoms with Gasteiger partial charge in [0.05, 0.1) is 6.04 Å². The summed E-state index contributed by atoms with van der Waals surface area (Å²) in [6.07, 6.45) is 0. The van der Waals surface area contributed by atoms with E-state index in [0.29, 0.717) is 17.9 Å². The van der Waals surface area contributed by atoms with Crippen LogP contribution in [0.3, 0.4) is 0 Å². The van der Waals surface area contributed by atoms with Crippen molar-refractivity contribution in [3.63, 3.8) is 0 Å². The zero-order valence-corrected chi connectivity index (χ0v) is 9.11. The highest BCUT2D eigenvalue weighted by atomic mass is 19.1. The first-order chi connectivity index (χ1) is 8.15. The van der Waals surface area contributed by atoms with Gasteiger partial charge < -0.3 is 5.32 Å². The van der Waals surface area contributed by atoms with E-state index in [1.54, 1.807) is 0 Å². The lowest BCUT2D eigenvalue weighted by Gasteiger charge is -2.09. The van der Waals surface area contributed by atoms with Crippen molar-refractivity contribution in [3.05, 3.63) is 41.2 Å². The van der Waals surface area contributed by atoms with E-state index in [1.807, 2.05) is 6.92 Å². The maximum absolute atomic E-state index is 12.9. The number of rotatable bonds is 4. The second kappa shape index (κ2) is 4.96. The first-order valence-corrected chi connectivity index (χ1v) is 5.07. The molecule has 0 aliphatic carbocycles. The molecule has 7 heteroatoms. The van der Waals surface area contributed by atoms with Crippen LogP contribution in [0, 0.1) is 11.6 Å². The molecule has 0 fully saturated rings. The molecule has 0 saturated carbocycles. The van der Waals surface area contributed by atoms with E-state index in [9.17, 15) is 8.78 Å². The third-order valence-corrected chi connectivity index (χ3v) is 2.28. The molecule has 1 atom stereocenters. The Balaban J connectivity index is 1.98. The summed E-state index contributed by atoms with van der Waals surface area (Å²) >= 11 is 0. The lowest BCUT2D eigenvalue weighted by Crippen LogP contribution is -2.19. The Labute approximate surface area is 96.2 Å². The maximum Gasteiger partial charge on any atom is 0.191 e. The Bertz CT molecular complexity index is 465. The van der Waals surface area contributed by atoms with Crippen LogP contribution in [0.15, 0.2) is 18.2 Å². The normalized spacial score (nSPS) is 12.6. The molecule has 2 N–H and O–H groups in total. The van der Waals surface area contributed by atoms with Crippen LogP contribution in [0.1, 0.15) is 24.4 Å². The van der Waals surface area contributed by atoms with Gasteiger partial charge in [-0.2, -0.15) is 5.21 Å². The molecule has 0 bridgehead atoms. The van der Waals surface area contributed by atoms with Gasteiger partial charge in [0, 0.05) is 12.6 Å². The number of nitrogens with one attached hydrogen (secondary N) is 2. The minimum atomic E-state index is -0.589. The highest BCUT2D eigenvalue weighted by Crippen LogP contribution is 2.10. The van der Waals surface area contributed by atoms with E-state index >= 15 is 0 Å². The molecule has 90 valence electrons. The third kappa shape index (κ3) is 3.04. The summed E-state index contributed by atoms with van der Waals surface area (Å²) in [6, 6.07) is 3.24. The lowest BCUT2D eigenvalue weighted by molar-refractivity contribution is 0.536. The second-order valence-corrected chi connectivity index (χ2v) is 3.65. The number of tetrazole rings is 1. The fourth-order valence-electron chi connectivity index (χ4n) is 1.43. The minimum Gasteiger partial charge on any atom is -0.303 e. The molecule has 1 aromatic heterocycles. The molecular weight excluding hydrogens is 228 g/mol. The van der Waals surface area contributed by atoms with Crippen molar-refractivity contribution in [3.8, 4) is 0 Å². The lowest BCUT2D eigenvalue weighted by atomic mass is 10.2. The highest BCUT2D eigenvalue weighted by molar-refractivity contribution is 5.17. The van der Waals surface area contributed by atoms with Gasteiger partial charge in [0.1, 0.15) is 11.6 Å². The standard InChI is InChI=1S/C10H11F2N5/c1-6(10-14-16-17-15-10)13-5-7-2-8(11)4-9(12)3-7/h2-4,6,13H,5H2,1H3,(H,14,15,16,17). The Morgan fingerprint density at radius 2 is 2.00 bits per heavy atom. The number of H-pyrrole nitrogens is 1. The maximum atomic E-state index is 12.9. The second-order valence-electron chi connectivity index (χ2n) is 3.65. The molecule has 0 amide bonds. The number of halogens is 2. The van der Waals surface area contributed by atoms with Crippen molar-refractivity contribution in [2.75, 3.05) is 0 Å². The monoisotopic (exact) mass is 239 g/mol. The topological polar surface area (TPSA) is 66.5 Å². The van der Waals surface area contributed by atoms with E-state index in [4.69, 9.17) is 0 Å². The summed E-state index contributed by atoms with van der Waals surface area (Å²) in [5.41, 5.74) is 0.526. The van der Waals surface area contributed by atoms with Gasteiger partial charge >= 0.3 is 0 Å². The van der Waals surface area contributed by atoms with Crippen LogP contribution in [0.2, 0.25) is 0 Å². The number of hydrogen-bond acceptors (Lipinski definition) is 4. The SMILES string of the molecule is CC(NCc1cc(F)cc(F)c1)c1nn[nH]n1. The molecule has 0 radical (unpaired) electrons. The number of aromatic nitrogens is 4. The number of benzene rings is 1. The van der Waals surface area contributed by atoms with Gasteiger partial charge in [0.2, 0.25) is 0 Å². The average Bonchev–Trinajstić information content (AvgIpc) is 2.78. The van der Waals surface area contributed by atoms with Crippen molar-refractivity contribution in [2.24, 2.45) is 0 Å². The zero-order valence-electron chi connectivity index (χ0n) is 9.11. The molecule has 1 aromatic carbocycles. The zero-order chi connectivity index (χ0) is 12.3. The summed E-state index contributed by atoms with van der Waals surface area (Å²) in [7, 11) is 0. The largest absolute Gasteiger partial charge is 0.303 e. The van der Waals surface area contributed by atoms with Crippen LogP contribution in [0.5, 0.6) is 0 Å². The fraction of sp³-hybridized carbons (Fsp3) is 0.300. The molecule has 2 rings (SSSR count). The van der Waals surface area contributed by atoms with E-state index in [1.165, 1.54) is 12.1 Å². The van der Waals surface area contributed by atoms with Crippen molar-refractivity contribution >= 4 is 0 Å². The first kappa shape index (κ1) is 11.6. The van der Waals surface area contributed by atoms with Crippen LogP contribution in [0.4, 0.5) is 8.78 Å². The highest BCUT2D eigenvalue weighted by Gasteiger charge is 2.09. The van der Waals surface area contributed by atoms with Crippen LogP contribution in [-0.2, 0) is 6.54 Å². The molecular formula is C10H11F2N5. The van der Waals surface area contributed by atoms with Gasteiger partial charge in [-0.25, -0.2) is 8.78 Å². The summed E-state index contributed by atoms with van der Waals surface area (Å²) in [5.74, 6) is -0.676. The van der Waals surface area contributed by atoms with Crippen LogP contribution >= 0.6 is 0 Å². The molecule has 17 heavy (non-hydrogen) atoms. The van der Waals surface area contributed by atoms with Crippen molar-refractivity contribution < 1.29 is 8.78 Å². The number of hydrogen-bond donors (Lipinski definition) is 2. The third-order valence-electron chi connectivity index (χ3n) is 2.28. The van der Waals surface area contributed by atoms with E-state index in [-0.39, 0.29) is 6.04 Å². The van der Waals surface area contributed by atoms with Gasteiger partial charge in [0.25, 0.3) is 0 Å². The molecule has 0 aliphatic heterocycles. The summed E-state index contributed by atoms with van der Waals surface area (Å²) in [5, 5.41) is 16.4. The fourth-order valence-corrected chi connectivity index (χ4v) is 1.43. The summed E-state index contributed by atoms with van der Waals surface area (Å²) in [4.78, 5) is 0. The van der Waals surface area contributed by atoms with Crippen LogP contribution in [-0.4, -0.2) is 20.6 Å². The van der Waals surface area contributed by atoms with Gasteiger partial charge in [0.15, 0.2) is 5.82 Å². The van der Waals surface area contributed by atoms with Gasteiger partial charge in [-0.1, -0.05) is 5.21 Å². The molecule has 1 unspecified atom stereocenters. The molecule has 5 nitrogen and oxygen atoms in total. The Hall–Kier alpha value is -1.89. The molecule has 2 aromatic rings. The molecule has 1 heterocycles. The quantitative estimate of drug-likeness (QED) is 0.844. The molecule has 0 aliphatic rings. The van der Waals surface area contributed by atoms with Gasteiger partial charge in [-0.3, -0.25) is 0 Å². The van der Waals surface area contributed by atoms with E-state index in [2.05, 4.69) is 25.9 Å². The van der Waals surface area contributed by atoms with Crippen molar-refractivity contribution in [1.29, 1.82) is 0 Å². The van der Waals surface area contributed by atoms with Gasteiger partial charge in [-0.15, -0.1) is 10.2 Å². The Morgan fingerprint density at radius 1 is 1.29 bits per heavy atom. The number of aromatic amines is 1.